The predicted octanol–water partition coefficient (Wildman–Crippen LogP) is 4.93. The van der Waals surface area contributed by atoms with E-state index in [0.29, 0.717) is 37.2 Å². The third-order valence-corrected chi connectivity index (χ3v) is 6.41. The predicted molar refractivity (Wildman–Crippen MR) is 111 cm³/mol. The van der Waals surface area contributed by atoms with Gasteiger partial charge in [-0.2, -0.15) is 4.39 Å². The van der Waals surface area contributed by atoms with Crippen LogP contribution in [-0.4, -0.2) is 38.8 Å². The maximum atomic E-state index is 13.8. The van der Waals surface area contributed by atoms with Crippen LogP contribution >= 0.6 is 22.9 Å². The first-order chi connectivity index (χ1) is 14.4. The number of nitro groups is 1. The second-order valence-corrected chi connectivity index (χ2v) is 8.20. The number of amides is 1. The zero-order valence-electron chi connectivity index (χ0n) is 15.6. The minimum Gasteiger partial charge on any atom is -0.338 e. The number of hydrogen-bond acceptors (Lipinski definition) is 6. The van der Waals surface area contributed by atoms with Crippen LogP contribution in [0.2, 0.25) is 5.02 Å². The van der Waals surface area contributed by atoms with Gasteiger partial charge in [-0.15, -0.1) is 11.3 Å². The molecule has 1 saturated heterocycles. The maximum absolute atomic E-state index is 13.8. The monoisotopic (exact) mass is 446 g/mol. The van der Waals surface area contributed by atoms with E-state index in [1.807, 2.05) is 5.38 Å². The zero-order chi connectivity index (χ0) is 21.3. The van der Waals surface area contributed by atoms with E-state index in [0.717, 1.165) is 5.01 Å². The number of nitrogens with zero attached hydrogens (tertiary/aromatic N) is 4. The molecule has 3 heterocycles. The molecule has 30 heavy (non-hydrogen) atoms. The fraction of sp³-hybridized carbons (Fsp3) is 0.250. The molecule has 0 saturated carbocycles. The number of likely N-dealkylation sites (tertiary alicyclic amines) is 1. The molecule has 3 aromatic rings. The highest BCUT2D eigenvalue weighted by Gasteiger charge is 2.28. The quantitative estimate of drug-likeness (QED) is 0.322. The average Bonchev–Trinajstić information content (AvgIpc) is 3.24. The molecule has 0 radical (unpaired) electrons. The fourth-order valence-electron chi connectivity index (χ4n) is 3.47. The molecule has 0 atom stereocenters. The molecular weight excluding hydrogens is 431 g/mol. The zero-order valence-corrected chi connectivity index (χ0v) is 17.2. The number of piperidine rings is 1. The Labute approximate surface area is 180 Å². The molecule has 7 nitrogen and oxygen atoms in total. The summed E-state index contributed by atoms with van der Waals surface area (Å²) in [4.78, 5) is 33.0. The highest BCUT2D eigenvalue weighted by Crippen LogP contribution is 2.35. The van der Waals surface area contributed by atoms with Gasteiger partial charge in [0.2, 0.25) is 5.95 Å². The number of carbonyl (C=O) groups excluding carboxylic acids is 1. The van der Waals surface area contributed by atoms with E-state index in [2.05, 4.69) is 9.97 Å². The summed E-state index contributed by atoms with van der Waals surface area (Å²) in [5.41, 5.74) is 1.12. The van der Waals surface area contributed by atoms with Gasteiger partial charge in [0.25, 0.3) is 11.6 Å². The minimum absolute atomic E-state index is 0.0168. The van der Waals surface area contributed by atoms with Gasteiger partial charge in [0.1, 0.15) is 5.02 Å². The summed E-state index contributed by atoms with van der Waals surface area (Å²) < 4.78 is 13.8. The number of halogens is 2. The van der Waals surface area contributed by atoms with Gasteiger partial charge < -0.3 is 4.90 Å². The van der Waals surface area contributed by atoms with E-state index in [1.54, 1.807) is 17.0 Å². The lowest BCUT2D eigenvalue weighted by Gasteiger charge is -2.31. The molecule has 0 spiro atoms. The van der Waals surface area contributed by atoms with E-state index < -0.39 is 10.9 Å². The maximum Gasteiger partial charge on any atom is 0.288 e. The molecule has 154 valence electrons. The van der Waals surface area contributed by atoms with Crippen molar-refractivity contribution in [2.24, 2.45) is 0 Å². The molecule has 1 aliphatic heterocycles. The highest BCUT2D eigenvalue weighted by molar-refractivity contribution is 7.10. The van der Waals surface area contributed by atoms with Crippen molar-refractivity contribution >= 4 is 34.5 Å². The molecular formula is C20H16ClFN4O3S. The molecule has 1 fully saturated rings. The standard InChI is InChI=1S/C20H16ClFN4O3S/c21-15-4-3-13(10-17(15)26(28)29)16-11-30-19(24-16)12-5-8-25(9-6-12)20(27)14-2-1-7-23-18(14)22/h1-4,7,10-12H,5-6,8-9H2. The van der Waals surface area contributed by atoms with Crippen LogP contribution in [0.25, 0.3) is 11.3 Å². The third-order valence-electron chi connectivity index (χ3n) is 5.08. The van der Waals surface area contributed by atoms with Gasteiger partial charge in [0.15, 0.2) is 0 Å². The smallest absolute Gasteiger partial charge is 0.288 e. The number of aromatic nitrogens is 2. The van der Waals surface area contributed by atoms with Crippen molar-refractivity contribution in [1.82, 2.24) is 14.9 Å². The number of benzene rings is 1. The molecule has 10 heteroatoms. The number of carbonyl (C=O) groups is 1. The highest BCUT2D eigenvalue weighted by atomic mass is 35.5. The SMILES string of the molecule is O=C(c1cccnc1F)N1CCC(c2nc(-c3ccc(Cl)c([N+](=O)[O-])c3)cs2)CC1. The molecule has 1 amide bonds. The minimum atomic E-state index is -0.758. The Morgan fingerprint density at radius 2 is 2.07 bits per heavy atom. The Balaban J connectivity index is 1.45. The summed E-state index contributed by atoms with van der Waals surface area (Å²) >= 11 is 7.37. The van der Waals surface area contributed by atoms with Gasteiger partial charge >= 0.3 is 0 Å². The second kappa shape index (κ2) is 8.45. The van der Waals surface area contributed by atoms with Crippen molar-refractivity contribution in [1.29, 1.82) is 0 Å². The Hall–Kier alpha value is -2.91. The fourth-order valence-corrected chi connectivity index (χ4v) is 4.65. The van der Waals surface area contributed by atoms with E-state index in [4.69, 9.17) is 11.6 Å². The normalized spacial score (nSPS) is 14.7. The number of nitro benzene ring substituents is 1. The first kappa shape index (κ1) is 20.4. The Morgan fingerprint density at radius 1 is 1.30 bits per heavy atom. The Morgan fingerprint density at radius 3 is 2.77 bits per heavy atom. The molecule has 0 unspecified atom stereocenters. The lowest BCUT2D eigenvalue weighted by Crippen LogP contribution is -2.38. The first-order valence-electron chi connectivity index (χ1n) is 9.23. The Kier molecular flexibility index (Phi) is 5.74. The summed E-state index contributed by atoms with van der Waals surface area (Å²) in [6.45, 7) is 0.998. The van der Waals surface area contributed by atoms with Crippen LogP contribution in [0.5, 0.6) is 0 Å². The van der Waals surface area contributed by atoms with E-state index >= 15 is 0 Å². The average molecular weight is 447 g/mol. The third kappa shape index (κ3) is 4.03. The van der Waals surface area contributed by atoms with Crippen LogP contribution in [0.3, 0.4) is 0 Å². The van der Waals surface area contributed by atoms with Gasteiger partial charge in [0.05, 0.1) is 21.2 Å². The lowest BCUT2D eigenvalue weighted by atomic mass is 9.97. The summed E-state index contributed by atoms with van der Waals surface area (Å²) in [7, 11) is 0. The van der Waals surface area contributed by atoms with Gasteiger partial charge in [-0.25, -0.2) is 9.97 Å². The summed E-state index contributed by atoms with van der Waals surface area (Å²) in [5.74, 6) is -0.938. The molecule has 0 N–H and O–H groups in total. The van der Waals surface area contributed by atoms with Crippen molar-refractivity contribution in [2.75, 3.05) is 13.1 Å². The van der Waals surface area contributed by atoms with Crippen LogP contribution in [0, 0.1) is 16.1 Å². The van der Waals surface area contributed by atoms with Crippen molar-refractivity contribution in [3.63, 3.8) is 0 Å². The number of hydrogen-bond donors (Lipinski definition) is 0. The largest absolute Gasteiger partial charge is 0.338 e. The lowest BCUT2D eigenvalue weighted by molar-refractivity contribution is -0.384. The molecule has 0 aliphatic carbocycles. The van der Waals surface area contributed by atoms with Gasteiger partial charge in [-0.05, 0) is 31.0 Å². The Bertz CT molecular complexity index is 1110. The topological polar surface area (TPSA) is 89.2 Å². The van der Waals surface area contributed by atoms with Crippen molar-refractivity contribution in [3.8, 4) is 11.3 Å². The van der Waals surface area contributed by atoms with Crippen LogP contribution in [0.4, 0.5) is 10.1 Å². The first-order valence-corrected chi connectivity index (χ1v) is 10.5. The van der Waals surface area contributed by atoms with Crippen LogP contribution < -0.4 is 0 Å². The van der Waals surface area contributed by atoms with Crippen LogP contribution in [0.1, 0.15) is 34.1 Å². The molecule has 0 bridgehead atoms. The van der Waals surface area contributed by atoms with Crippen LogP contribution in [-0.2, 0) is 0 Å². The van der Waals surface area contributed by atoms with Crippen molar-refractivity contribution in [3.05, 3.63) is 73.6 Å². The second-order valence-electron chi connectivity index (χ2n) is 6.90. The van der Waals surface area contributed by atoms with Crippen LogP contribution in [0.15, 0.2) is 41.9 Å². The molecule has 2 aromatic heterocycles. The summed E-state index contributed by atoms with van der Waals surface area (Å²) in [6.07, 6.45) is 2.73. The van der Waals surface area contributed by atoms with Gasteiger partial charge in [-0.3, -0.25) is 14.9 Å². The number of pyridine rings is 1. The number of thiazole rings is 1. The molecule has 1 aliphatic rings. The van der Waals surface area contributed by atoms with Crippen molar-refractivity contribution in [2.45, 2.75) is 18.8 Å². The van der Waals surface area contributed by atoms with Gasteiger partial charge in [-0.1, -0.05) is 17.7 Å². The van der Waals surface area contributed by atoms with Gasteiger partial charge in [0, 0.05) is 42.2 Å². The summed E-state index contributed by atoms with van der Waals surface area (Å²) in [6, 6.07) is 7.61. The molecule has 4 rings (SSSR count). The molecule has 1 aromatic carbocycles. The van der Waals surface area contributed by atoms with E-state index in [-0.39, 0.29) is 28.1 Å². The van der Waals surface area contributed by atoms with E-state index in [9.17, 15) is 19.3 Å². The summed E-state index contributed by atoms with van der Waals surface area (Å²) in [5, 5.41) is 14.0. The number of rotatable bonds is 4. The van der Waals surface area contributed by atoms with E-state index in [1.165, 1.54) is 35.7 Å². The van der Waals surface area contributed by atoms with Crippen molar-refractivity contribution < 1.29 is 14.1 Å².